The Morgan fingerprint density at radius 2 is 1.94 bits per heavy atom. The van der Waals surface area contributed by atoms with Gasteiger partial charge in [-0.3, -0.25) is 4.79 Å². The predicted octanol–water partition coefficient (Wildman–Crippen LogP) is 4.52. The second kappa shape index (κ2) is 8.13. The standard InChI is InChI=1S/C22H22F3N3O3/c1-14-20(17-12-16(30-2)5-6-18(17)31-14)21(29)28-9-3-8-27(10-11-28)19-7-4-15(13-26-19)22(23,24)25/h4-7,12-13H,3,8-11H2,1-2H3. The minimum Gasteiger partial charge on any atom is -0.497 e. The molecule has 9 heteroatoms. The average Bonchev–Trinajstić information content (AvgIpc) is 2.90. The van der Waals surface area contributed by atoms with Gasteiger partial charge in [0, 0.05) is 37.8 Å². The van der Waals surface area contributed by atoms with Crippen molar-refractivity contribution in [3.63, 3.8) is 0 Å². The molecule has 0 spiro atoms. The van der Waals surface area contributed by atoms with Crippen molar-refractivity contribution in [2.75, 3.05) is 38.2 Å². The fraction of sp³-hybridized carbons (Fsp3) is 0.364. The van der Waals surface area contributed by atoms with E-state index in [9.17, 15) is 18.0 Å². The van der Waals surface area contributed by atoms with E-state index < -0.39 is 11.7 Å². The largest absolute Gasteiger partial charge is 0.497 e. The van der Waals surface area contributed by atoms with Gasteiger partial charge in [0.05, 0.1) is 18.2 Å². The van der Waals surface area contributed by atoms with Crippen molar-refractivity contribution in [2.24, 2.45) is 0 Å². The van der Waals surface area contributed by atoms with Crippen LogP contribution in [0.1, 0.15) is 28.1 Å². The molecule has 0 saturated carbocycles. The van der Waals surface area contributed by atoms with Gasteiger partial charge in [-0.2, -0.15) is 13.2 Å². The molecule has 0 N–H and O–H groups in total. The molecular formula is C22H22F3N3O3. The first-order valence-corrected chi connectivity index (χ1v) is 9.92. The Morgan fingerprint density at radius 1 is 1.13 bits per heavy atom. The van der Waals surface area contributed by atoms with Crippen molar-refractivity contribution in [3.8, 4) is 5.75 Å². The first-order valence-electron chi connectivity index (χ1n) is 9.92. The minimum absolute atomic E-state index is 0.133. The summed E-state index contributed by atoms with van der Waals surface area (Å²) in [6, 6.07) is 7.75. The number of ether oxygens (including phenoxy) is 1. The van der Waals surface area contributed by atoms with Crippen LogP contribution in [-0.4, -0.2) is 49.1 Å². The van der Waals surface area contributed by atoms with E-state index in [1.54, 1.807) is 37.1 Å². The van der Waals surface area contributed by atoms with Crippen molar-refractivity contribution in [1.29, 1.82) is 0 Å². The lowest BCUT2D eigenvalue weighted by molar-refractivity contribution is -0.137. The van der Waals surface area contributed by atoms with Gasteiger partial charge in [0.2, 0.25) is 0 Å². The summed E-state index contributed by atoms with van der Waals surface area (Å²) in [5.74, 6) is 1.51. The smallest absolute Gasteiger partial charge is 0.417 e. The zero-order chi connectivity index (χ0) is 22.2. The summed E-state index contributed by atoms with van der Waals surface area (Å²) < 4.78 is 49.4. The highest BCUT2D eigenvalue weighted by Gasteiger charge is 2.31. The van der Waals surface area contributed by atoms with Crippen LogP contribution in [0, 0.1) is 6.92 Å². The maximum atomic E-state index is 13.3. The van der Waals surface area contributed by atoms with Gasteiger partial charge in [0.25, 0.3) is 5.91 Å². The molecule has 6 nitrogen and oxygen atoms in total. The Hall–Kier alpha value is -3.23. The number of alkyl halides is 3. The van der Waals surface area contributed by atoms with Crippen LogP contribution in [0.25, 0.3) is 11.0 Å². The Balaban J connectivity index is 1.52. The molecule has 1 aliphatic rings. The molecule has 0 radical (unpaired) electrons. The molecule has 1 fully saturated rings. The molecule has 4 rings (SSSR count). The van der Waals surface area contributed by atoms with Crippen molar-refractivity contribution >= 4 is 22.7 Å². The SMILES string of the molecule is COc1ccc2oc(C)c(C(=O)N3CCCN(c4ccc(C(F)(F)F)cn4)CC3)c2c1. The molecule has 2 aromatic heterocycles. The Morgan fingerprint density at radius 3 is 2.61 bits per heavy atom. The fourth-order valence-corrected chi connectivity index (χ4v) is 3.84. The highest BCUT2D eigenvalue weighted by Crippen LogP contribution is 2.31. The number of pyridine rings is 1. The van der Waals surface area contributed by atoms with E-state index in [2.05, 4.69) is 4.98 Å². The van der Waals surface area contributed by atoms with Gasteiger partial charge in [-0.25, -0.2) is 4.98 Å². The molecule has 3 aromatic rings. The monoisotopic (exact) mass is 433 g/mol. The number of nitrogens with zero attached hydrogens (tertiary/aromatic N) is 3. The number of aromatic nitrogens is 1. The summed E-state index contributed by atoms with van der Waals surface area (Å²) in [5, 5.41) is 0.701. The topological polar surface area (TPSA) is 58.8 Å². The lowest BCUT2D eigenvalue weighted by Crippen LogP contribution is -2.35. The highest BCUT2D eigenvalue weighted by molar-refractivity contribution is 6.07. The van der Waals surface area contributed by atoms with Crippen LogP contribution < -0.4 is 9.64 Å². The third-order valence-electron chi connectivity index (χ3n) is 5.47. The van der Waals surface area contributed by atoms with Crippen molar-refractivity contribution in [3.05, 3.63) is 53.4 Å². The Bertz CT molecular complexity index is 1090. The molecule has 1 amide bonds. The van der Waals surface area contributed by atoms with Crippen molar-refractivity contribution in [2.45, 2.75) is 19.5 Å². The van der Waals surface area contributed by atoms with Gasteiger partial charge in [-0.1, -0.05) is 0 Å². The van der Waals surface area contributed by atoms with Crippen LogP contribution in [0.5, 0.6) is 5.75 Å². The number of hydrogen-bond donors (Lipinski definition) is 0. The summed E-state index contributed by atoms with van der Waals surface area (Å²) in [6.45, 7) is 3.79. The average molecular weight is 433 g/mol. The molecule has 1 aliphatic heterocycles. The number of furan rings is 1. The van der Waals surface area contributed by atoms with E-state index in [0.717, 1.165) is 12.3 Å². The highest BCUT2D eigenvalue weighted by atomic mass is 19.4. The molecule has 3 heterocycles. The van der Waals surface area contributed by atoms with Crippen LogP contribution in [-0.2, 0) is 6.18 Å². The van der Waals surface area contributed by atoms with Crippen LogP contribution in [0.4, 0.5) is 19.0 Å². The Labute approximate surface area is 177 Å². The Kier molecular flexibility index (Phi) is 5.51. The van der Waals surface area contributed by atoms with Gasteiger partial charge < -0.3 is 19.0 Å². The number of carbonyl (C=O) groups is 1. The number of aryl methyl sites for hydroxylation is 1. The van der Waals surface area contributed by atoms with E-state index in [1.807, 2.05) is 4.90 Å². The first kappa shape index (κ1) is 21.0. The van der Waals surface area contributed by atoms with Gasteiger partial charge in [0.15, 0.2) is 0 Å². The lowest BCUT2D eigenvalue weighted by atomic mass is 10.1. The number of hydrogen-bond acceptors (Lipinski definition) is 5. The molecule has 0 unspecified atom stereocenters. The molecule has 164 valence electrons. The number of carbonyl (C=O) groups excluding carboxylic acids is 1. The summed E-state index contributed by atoms with van der Waals surface area (Å²) >= 11 is 0. The zero-order valence-corrected chi connectivity index (χ0v) is 17.2. The normalized spacial score (nSPS) is 15.3. The van der Waals surface area contributed by atoms with E-state index in [1.165, 1.54) is 6.07 Å². The summed E-state index contributed by atoms with van der Waals surface area (Å²) in [7, 11) is 1.56. The van der Waals surface area contributed by atoms with Crippen molar-refractivity contribution in [1.82, 2.24) is 9.88 Å². The quantitative estimate of drug-likeness (QED) is 0.608. The summed E-state index contributed by atoms with van der Waals surface area (Å²) in [6.07, 6.45) is -2.90. The van der Waals surface area contributed by atoms with Gasteiger partial charge in [0.1, 0.15) is 22.9 Å². The number of rotatable bonds is 3. The number of methoxy groups -OCH3 is 1. The second-order valence-electron chi connectivity index (χ2n) is 7.43. The van der Waals surface area contributed by atoms with Crippen LogP contribution in [0.3, 0.4) is 0 Å². The number of amides is 1. The molecule has 31 heavy (non-hydrogen) atoms. The number of fused-ring (bicyclic) bond motifs is 1. The van der Waals surface area contributed by atoms with E-state index >= 15 is 0 Å². The number of benzene rings is 1. The molecule has 1 aromatic carbocycles. The molecule has 0 atom stereocenters. The van der Waals surface area contributed by atoms with Crippen LogP contribution in [0.2, 0.25) is 0 Å². The number of halogens is 3. The molecule has 0 aliphatic carbocycles. The van der Waals surface area contributed by atoms with Gasteiger partial charge in [-0.05, 0) is 43.7 Å². The maximum absolute atomic E-state index is 13.3. The fourth-order valence-electron chi connectivity index (χ4n) is 3.84. The third-order valence-corrected chi connectivity index (χ3v) is 5.47. The van der Waals surface area contributed by atoms with Crippen LogP contribution in [0.15, 0.2) is 40.9 Å². The van der Waals surface area contributed by atoms with E-state index in [0.29, 0.717) is 66.5 Å². The van der Waals surface area contributed by atoms with Gasteiger partial charge in [-0.15, -0.1) is 0 Å². The van der Waals surface area contributed by atoms with Crippen LogP contribution >= 0.6 is 0 Å². The first-order chi connectivity index (χ1) is 14.8. The lowest BCUT2D eigenvalue weighted by Gasteiger charge is -2.23. The third kappa shape index (κ3) is 4.17. The van der Waals surface area contributed by atoms with E-state index in [-0.39, 0.29) is 5.91 Å². The van der Waals surface area contributed by atoms with E-state index in [4.69, 9.17) is 9.15 Å². The zero-order valence-electron chi connectivity index (χ0n) is 17.2. The van der Waals surface area contributed by atoms with Crippen molar-refractivity contribution < 1.29 is 27.1 Å². The molecule has 0 bridgehead atoms. The van der Waals surface area contributed by atoms with Gasteiger partial charge >= 0.3 is 6.18 Å². The maximum Gasteiger partial charge on any atom is 0.417 e. The predicted molar refractivity (Wildman–Crippen MR) is 109 cm³/mol. The summed E-state index contributed by atoms with van der Waals surface area (Å²) in [4.78, 5) is 20.9. The summed E-state index contributed by atoms with van der Waals surface area (Å²) in [5.41, 5.74) is 0.350. The minimum atomic E-state index is -4.42. The molecule has 1 saturated heterocycles. The number of anilines is 1. The second-order valence-corrected chi connectivity index (χ2v) is 7.43. The molecular weight excluding hydrogens is 411 g/mol.